The highest BCUT2D eigenvalue weighted by molar-refractivity contribution is 5.85. The average Bonchev–Trinajstić information content (AvgIpc) is 3.06. The summed E-state index contributed by atoms with van der Waals surface area (Å²) in [4.78, 5) is 17.8. The molecular weight excluding hydrogens is 339 g/mol. The summed E-state index contributed by atoms with van der Waals surface area (Å²) in [5.74, 6) is -1.03. The molecule has 1 saturated carbocycles. The lowest BCUT2D eigenvalue weighted by Crippen LogP contribution is -2.34. The van der Waals surface area contributed by atoms with E-state index in [1.54, 1.807) is 0 Å². The Hall–Kier alpha value is -0.820. The Bertz CT molecular complexity index is 492. The van der Waals surface area contributed by atoms with E-state index >= 15 is 0 Å². The van der Waals surface area contributed by atoms with Gasteiger partial charge in [0.05, 0.1) is 17.9 Å². The monoisotopic (exact) mass is 364 g/mol. The lowest BCUT2D eigenvalue weighted by atomic mass is 10.1. The van der Waals surface area contributed by atoms with Gasteiger partial charge in [0.15, 0.2) is 0 Å². The molecule has 2 fully saturated rings. The molecule has 3 rings (SSSR count). The van der Waals surface area contributed by atoms with Crippen molar-refractivity contribution in [3.63, 3.8) is 0 Å². The van der Waals surface area contributed by atoms with E-state index < -0.39 is 5.97 Å². The highest BCUT2D eigenvalue weighted by Gasteiger charge is 2.25. The van der Waals surface area contributed by atoms with Gasteiger partial charge in [0.1, 0.15) is 0 Å². The summed E-state index contributed by atoms with van der Waals surface area (Å²) in [6, 6.07) is 0.586. The van der Waals surface area contributed by atoms with Crippen LogP contribution in [0.2, 0.25) is 0 Å². The molecule has 0 radical (unpaired) electrons. The molecule has 6 nitrogen and oxygen atoms in total. The molecule has 1 aromatic heterocycles. The molecule has 0 bridgehead atoms. The highest BCUT2D eigenvalue weighted by atomic mass is 35.5. The maximum absolute atomic E-state index is 11.2. The number of imidazole rings is 1. The van der Waals surface area contributed by atoms with E-state index in [0.717, 1.165) is 19.6 Å². The standard InChI is InChI=1S/C15H24N4O2.2ClH/c20-15(21)12-7-16-5-6-18(9-12)10-14-8-17-11-19(14)13-3-1-2-4-13;;/h8,11-13,16H,1-7,9-10H2,(H,20,21);2*1H. The Morgan fingerprint density at radius 2 is 2.09 bits per heavy atom. The fourth-order valence-corrected chi connectivity index (χ4v) is 3.48. The molecule has 8 heteroatoms. The fraction of sp³-hybridized carbons (Fsp3) is 0.733. The van der Waals surface area contributed by atoms with Crippen LogP contribution in [0, 0.1) is 5.92 Å². The van der Waals surface area contributed by atoms with Crippen molar-refractivity contribution < 1.29 is 9.90 Å². The molecule has 1 saturated heterocycles. The molecule has 23 heavy (non-hydrogen) atoms. The van der Waals surface area contributed by atoms with Crippen LogP contribution in [0.5, 0.6) is 0 Å². The molecule has 1 aromatic rings. The van der Waals surface area contributed by atoms with Gasteiger partial charge in [-0.1, -0.05) is 12.8 Å². The van der Waals surface area contributed by atoms with Gasteiger partial charge in [-0.25, -0.2) is 4.98 Å². The minimum atomic E-state index is -0.710. The van der Waals surface area contributed by atoms with Crippen molar-refractivity contribution in [1.29, 1.82) is 0 Å². The van der Waals surface area contributed by atoms with Crippen molar-refractivity contribution in [3.05, 3.63) is 18.2 Å². The zero-order valence-corrected chi connectivity index (χ0v) is 14.8. The van der Waals surface area contributed by atoms with Crippen LogP contribution in [-0.2, 0) is 11.3 Å². The van der Waals surface area contributed by atoms with Gasteiger partial charge in [0, 0.05) is 45.0 Å². The minimum Gasteiger partial charge on any atom is -0.481 e. The van der Waals surface area contributed by atoms with Crippen molar-refractivity contribution in [1.82, 2.24) is 19.8 Å². The van der Waals surface area contributed by atoms with Gasteiger partial charge < -0.3 is 15.0 Å². The smallest absolute Gasteiger partial charge is 0.309 e. The molecule has 1 unspecified atom stereocenters. The van der Waals surface area contributed by atoms with Gasteiger partial charge in [-0.05, 0) is 12.8 Å². The Kier molecular flexibility index (Phi) is 8.33. The molecule has 132 valence electrons. The quantitative estimate of drug-likeness (QED) is 0.854. The number of hydrogen-bond donors (Lipinski definition) is 2. The molecule has 0 amide bonds. The number of hydrogen-bond acceptors (Lipinski definition) is 4. The van der Waals surface area contributed by atoms with Crippen LogP contribution < -0.4 is 5.32 Å². The molecule has 2 heterocycles. The minimum absolute atomic E-state index is 0. The molecular formula is C15H26Cl2N4O2. The molecule has 1 aliphatic carbocycles. The van der Waals surface area contributed by atoms with Crippen molar-refractivity contribution in [2.45, 2.75) is 38.3 Å². The van der Waals surface area contributed by atoms with Gasteiger partial charge in [-0.15, -0.1) is 24.8 Å². The topological polar surface area (TPSA) is 70.4 Å². The second-order valence-corrected chi connectivity index (χ2v) is 6.20. The first-order valence-electron chi connectivity index (χ1n) is 7.90. The number of nitrogens with zero attached hydrogens (tertiary/aromatic N) is 3. The zero-order valence-electron chi connectivity index (χ0n) is 13.2. The van der Waals surface area contributed by atoms with Crippen molar-refractivity contribution in [2.75, 3.05) is 26.2 Å². The van der Waals surface area contributed by atoms with Gasteiger partial charge in [0.2, 0.25) is 0 Å². The summed E-state index contributed by atoms with van der Waals surface area (Å²) in [6.45, 7) is 3.70. The van der Waals surface area contributed by atoms with Crippen LogP contribution >= 0.6 is 24.8 Å². The number of aliphatic carboxylic acids is 1. The molecule has 2 N–H and O–H groups in total. The molecule has 0 spiro atoms. The van der Waals surface area contributed by atoms with E-state index in [1.807, 2.05) is 12.5 Å². The van der Waals surface area contributed by atoms with Gasteiger partial charge in [-0.2, -0.15) is 0 Å². The molecule has 1 aliphatic heterocycles. The van der Waals surface area contributed by atoms with E-state index in [4.69, 9.17) is 0 Å². The van der Waals surface area contributed by atoms with Gasteiger partial charge >= 0.3 is 5.97 Å². The average molecular weight is 365 g/mol. The van der Waals surface area contributed by atoms with Crippen LogP contribution in [0.1, 0.15) is 37.4 Å². The Labute approximate surface area is 149 Å². The number of rotatable bonds is 4. The first-order valence-corrected chi connectivity index (χ1v) is 7.90. The number of carbonyl (C=O) groups is 1. The fourth-order valence-electron chi connectivity index (χ4n) is 3.48. The van der Waals surface area contributed by atoms with E-state index in [-0.39, 0.29) is 30.7 Å². The normalized spacial score (nSPS) is 22.9. The number of halogens is 2. The van der Waals surface area contributed by atoms with Crippen LogP contribution in [0.3, 0.4) is 0 Å². The third kappa shape index (κ3) is 5.08. The molecule has 2 aliphatic rings. The maximum atomic E-state index is 11.2. The zero-order chi connectivity index (χ0) is 14.7. The first-order chi connectivity index (χ1) is 10.2. The van der Waals surface area contributed by atoms with E-state index in [9.17, 15) is 9.90 Å². The summed E-state index contributed by atoms with van der Waals surface area (Å²) in [5.41, 5.74) is 1.22. The third-order valence-corrected chi connectivity index (χ3v) is 4.67. The highest BCUT2D eigenvalue weighted by Crippen LogP contribution is 2.30. The Balaban J connectivity index is 0.00000132. The summed E-state index contributed by atoms with van der Waals surface area (Å²) in [5, 5.41) is 12.5. The number of nitrogens with one attached hydrogen (secondary N) is 1. The maximum Gasteiger partial charge on any atom is 0.309 e. The van der Waals surface area contributed by atoms with Crippen LogP contribution in [0.15, 0.2) is 12.5 Å². The predicted molar refractivity (Wildman–Crippen MR) is 93.5 cm³/mol. The van der Waals surface area contributed by atoms with E-state index in [2.05, 4.69) is 19.8 Å². The van der Waals surface area contributed by atoms with E-state index in [1.165, 1.54) is 31.4 Å². The van der Waals surface area contributed by atoms with Crippen molar-refractivity contribution >= 4 is 30.8 Å². The van der Waals surface area contributed by atoms with Crippen LogP contribution in [-0.4, -0.2) is 51.7 Å². The van der Waals surface area contributed by atoms with Crippen molar-refractivity contribution in [3.8, 4) is 0 Å². The Morgan fingerprint density at radius 3 is 2.78 bits per heavy atom. The summed E-state index contributed by atoms with van der Waals surface area (Å²) in [6.07, 6.45) is 8.96. The molecule has 1 atom stereocenters. The molecule has 0 aromatic carbocycles. The second-order valence-electron chi connectivity index (χ2n) is 6.20. The number of carboxylic acid groups (broad SMARTS) is 1. The van der Waals surface area contributed by atoms with Gasteiger partial charge in [-0.3, -0.25) is 9.69 Å². The van der Waals surface area contributed by atoms with Crippen LogP contribution in [0.4, 0.5) is 0 Å². The summed E-state index contributed by atoms with van der Waals surface area (Å²) in [7, 11) is 0. The lowest BCUT2D eigenvalue weighted by molar-refractivity contribution is -0.142. The predicted octanol–water partition coefficient (Wildman–Crippen LogP) is 1.95. The largest absolute Gasteiger partial charge is 0.481 e. The third-order valence-electron chi connectivity index (χ3n) is 4.67. The van der Waals surface area contributed by atoms with Crippen LogP contribution in [0.25, 0.3) is 0 Å². The number of aromatic nitrogens is 2. The van der Waals surface area contributed by atoms with E-state index in [0.29, 0.717) is 19.1 Å². The second kappa shape index (κ2) is 9.47. The SMILES string of the molecule is Cl.Cl.O=C(O)C1CNCCN(Cc2cncn2C2CCCC2)C1. The lowest BCUT2D eigenvalue weighted by Gasteiger charge is -2.23. The summed E-state index contributed by atoms with van der Waals surface area (Å²) >= 11 is 0. The number of carboxylic acids is 1. The first kappa shape index (κ1) is 20.2. The summed E-state index contributed by atoms with van der Waals surface area (Å²) < 4.78 is 2.31. The van der Waals surface area contributed by atoms with Crippen molar-refractivity contribution in [2.24, 2.45) is 5.92 Å². The Morgan fingerprint density at radius 1 is 1.35 bits per heavy atom. The van der Waals surface area contributed by atoms with Gasteiger partial charge in [0.25, 0.3) is 0 Å².